The van der Waals surface area contributed by atoms with E-state index in [-0.39, 0.29) is 23.3 Å². The van der Waals surface area contributed by atoms with Crippen molar-refractivity contribution in [3.63, 3.8) is 0 Å². The van der Waals surface area contributed by atoms with Crippen molar-refractivity contribution in [2.24, 2.45) is 0 Å². The van der Waals surface area contributed by atoms with Gasteiger partial charge in [0.05, 0.1) is 12.5 Å². The van der Waals surface area contributed by atoms with E-state index in [0.29, 0.717) is 5.56 Å². The summed E-state index contributed by atoms with van der Waals surface area (Å²) in [5, 5.41) is 13.5. The van der Waals surface area contributed by atoms with Gasteiger partial charge in [0.15, 0.2) is 0 Å². The van der Waals surface area contributed by atoms with Crippen molar-refractivity contribution in [1.82, 2.24) is 0 Å². The second-order valence-electron chi connectivity index (χ2n) is 5.60. The molecule has 0 fully saturated rings. The Balaban J connectivity index is 1.63. The van der Waals surface area contributed by atoms with Crippen LogP contribution in [0.1, 0.15) is 26.4 Å². The summed E-state index contributed by atoms with van der Waals surface area (Å²) in [6.07, 6.45) is 2.16. The van der Waals surface area contributed by atoms with Crippen molar-refractivity contribution < 1.29 is 19.4 Å². The quantitative estimate of drug-likeness (QED) is 0.883. The second kappa shape index (κ2) is 6.52. The number of nitrogens with one attached hydrogen (secondary N) is 1. The van der Waals surface area contributed by atoms with E-state index in [1.54, 1.807) is 18.6 Å². The molecule has 1 heterocycles. The van der Waals surface area contributed by atoms with Crippen molar-refractivity contribution in [2.75, 3.05) is 12.4 Å². The van der Waals surface area contributed by atoms with Crippen LogP contribution in [0.5, 0.6) is 0 Å². The molecule has 1 aliphatic rings. The summed E-state index contributed by atoms with van der Waals surface area (Å²) in [6.45, 7) is 0. The van der Waals surface area contributed by atoms with Gasteiger partial charge in [-0.1, -0.05) is 6.07 Å². The molecular formula is C17H17NO4S. The number of hydrogen-bond donors (Lipinski definition) is 2. The van der Waals surface area contributed by atoms with Gasteiger partial charge in [0.1, 0.15) is 4.88 Å². The third-order valence-corrected chi connectivity index (χ3v) is 4.91. The number of anilines is 1. The number of fused-ring (bicyclic) bond motifs is 1. The number of aromatic carboxylic acids is 1. The Morgan fingerprint density at radius 2 is 2.09 bits per heavy atom. The van der Waals surface area contributed by atoms with Crippen LogP contribution in [0.2, 0.25) is 0 Å². The normalized spacial score (nSPS) is 16.1. The minimum Gasteiger partial charge on any atom is -0.477 e. The van der Waals surface area contributed by atoms with Gasteiger partial charge in [0, 0.05) is 12.8 Å². The molecule has 1 unspecified atom stereocenters. The Bertz CT molecular complexity index is 753. The van der Waals surface area contributed by atoms with E-state index in [0.717, 1.165) is 29.9 Å². The number of thiophene rings is 1. The maximum atomic E-state index is 12.1. The first-order chi connectivity index (χ1) is 11.0. The molecule has 1 amide bonds. The van der Waals surface area contributed by atoms with Crippen LogP contribution in [-0.2, 0) is 28.8 Å². The molecule has 1 aromatic carbocycles. The largest absolute Gasteiger partial charge is 0.477 e. The lowest BCUT2D eigenvalue weighted by molar-refractivity contribution is -0.115. The van der Waals surface area contributed by atoms with Crippen LogP contribution in [0.15, 0.2) is 29.6 Å². The average Bonchev–Trinajstić information content (AvgIpc) is 3.12. The van der Waals surface area contributed by atoms with Crippen LogP contribution >= 0.6 is 11.3 Å². The van der Waals surface area contributed by atoms with Gasteiger partial charge in [-0.15, -0.1) is 11.3 Å². The maximum absolute atomic E-state index is 12.1. The molecule has 0 radical (unpaired) electrons. The summed E-state index contributed by atoms with van der Waals surface area (Å²) in [7, 11) is 1.71. The fourth-order valence-electron chi connectivity index (χ4n) is 2.79. The first-order valence-corrected chi connectivity index (χ1v) is 8.18. The van der Waals surface area contributed by atoms with Gasteiger partial charge in [-0.05, 0) is 53.1 Å². The topological polar surface area (TPSA) is 75.6 Å². The number of rotatable bonds is 5. The first-order valence-electron chi connectivity index (χ1n) is 7.30. The Morgan fingerprint density at radius 1 is 1.30 bits per heavy atom. The molecule has 120 valence electrons. The Hall–Kier alpha value is -2.18. The highest BCUT2D eigenvalue weighted by atomic mass is 32.1. The molecular weight excluding hydrogens is 314 g/mol. The zero-order valence-electron chi connectivity index (χ0n) is 12.7. The fraction of sp³-hybridized carbons (Fsp3) is 0.294. The number of amides is 1. The van der Waals surface area contributed by atoms with Crippen molar-refractivity contribution in [3.8, 4) is 0 Å². The average molecular weight is 331 g/mol. The standard InChI is InChI=1S/C17H17NO4S/c1-22-14-7-11-2-3-13(6-12(11)8-14)18-16(19)5-10-4-15(17(20)21)23-9-10/h2-4,6,9,14H,5,7-8H2,1H3,(H,18,19)(H,20,21). The van der Waals surface area contributed by atoms with E-state index in [9.17, 15) is 9.59 Å². The lowest BCUT2D eigenvalue weighted by Gasteiger charge is -2.07. The molecule has 1 atom stereocenters. The lowest BCUT2D eigenvalue weighted by atomic mass is 10.1. The van der Waals surface area contributed by atoms with Crippen LogP contribution in [0, 0.1) is 0 Å². The predicted molar refractivity (Wildman–Crippen MR) is 88.3 cm³/mol. The molecule has 5 nitrogen and oxygen atoms in total. The highest BCUT2D eigenvalue weighted by molar-refractivity contribution is 7.12. The lowest BCUT2D eigenvalue weighted by Crippen LogP contribution is -2.14. The minimum atomic E-state index is -0.965. The third kappa shape index (κ3) is 3.60. The Kier molecular flexibility index (Phi) is 4.45. The predicted octanol–water partition coefficient (Wildman–Crippen LogP) is 2.74. The number of carbonyl (C=O) groups is 2. The van der Waals surface area contributed by atoms with Crippen LogP contribution in [0.3, 0.4) is 0 Å². The highest BCUT2D eigenvalue weighted by Gasteiger charge is 2.21. The SMILES string of the molecule is COC1Cc2ccc(NC(=O)Cc3csc(C(=O)O)c3)cc2C1. The molecule has 0 aliphatic heterocycles. The number of carboxylic acids is 1. The molecule has 3 rings (SSSR count). The molecule has 2 N–H and O–H groups in total. The fourth-order valence-corrected chi connectivity index (χ4v) is 3.54. The van der Waals surface area contributed by atoms with Crippen molar-refractivity contribution in [1.29, 1.82) is 0 Å². The minimum absolute atomic E-state index is 0.152. The number of benzene rings is 1. The van der Waals surface area contributed by atoms with Gasteiger partial charge in [-0.3, -0.25) is 4.79 Å². The molecule has 0 saturated carbocycles. The number of ether oxygens (including phenoxy) is 1. The summed E-state index contributed by atoms with van der Waals surface area (Å²) >= 11 is 1.13. The van der Waals surface area contributed by atoms with Crippen LogP contribution in [0.25, 0.3) is 0 Å². The van der Waals surface area contributed by atoms with Gasteiger partial charge in [-0.25, -0.2) is 4.79 Å². The summed E-state index contributed by atoms with van der Waals surface area (Å²) in [4.78, 5) is 23.2. The Morgan fingerprint density at radius 3 is 2.78 bits per heavy atom. The van der Waals surface area contributed by atoms with Gasteiger partial charge in [0.25, 0.3) is 0 Å². The van der Waals surface area contributed by atoms with Crippen LogP contribution < -0.4 is 5.32 Å². The molecule has 0 spiro atoms. The van der Waals surface area contributed by atoms with E-state index in [2.05, 4.69) is 5.32 Å². The highest BCUT2D eigenvalue weighted by Crippen LogP contribution is 2.27. The van der Waals surface area contributed by atoms with E-state index in [1.165, 1.54) is 11.1 Å². The number of methoxy groups -OCH3 is 1. The van der Waals surface area contributed by atoms with Crippen LogP contribution in [0.4, 0.5) is 5.69 Å². The zero-order valence-corrected chi connectivity index (χ0v) is 13.5. The van der Waals surface area contributed by atoms with E-state index in [4.69, 9.17) is 9.84 Å². The monoisotopic (exact) mass is 331 g/mol. The van der Waals surface area contributed by atoms with E-state index in [1.807, 2.05) is 18.2 Å². The smallest absolute Gasteiger partial charge is 0.345 e. The van der Waals surface area contributed by atoms with Gasteiger partial charge in [-0.2, -0.15) is 0 Å². The Labute approximate surface area is 137 Å². The zero-order chi connectivity index (χ0) is 16.4. The van der Waals surface area contributed by atoms with Gasteiger partial charge < -0.3 is 15.2 Å². The molecule has 2 aromatic rings. The van der Waals surface area contributed by atoms with E-state index >= 15 is 0 Å². The van der Waals surface area contributed by atoms with Crippen LogP contribution in [-0.4, -0.2) is 30.2 Å². The number of carbonyl (C=O) groups excluding carboxylic acids is 1. The first kappa shape index (κ1) is 15.7. The third-order valence-electron chi connectivity index (χ3n) is 3.95. The summed E-state index contributed by atoms with van der Waals surface area (Å²) in [6, 6.07) is 7.45. The number of carboxylic acid groups (broad SMARTS) is 1. The van der Waals surface area contributed by atoms with Gasteiger partial charge in [0.2, 0.25) is 5.91 Å². The molecule has 23 heavy (non-hydrogen) atoms. The molecule has 1 aliphatic carbocycles. The van der Waals surface area contributed by atoms with E-state index < -0.39 is 5.97 Å². The molecule has 0 saturated heterocycles. The second-order valence-corrected chi connectivity index (χ2v) is 6.51. The maximum Gasteiger partial charge on any atom is 0.345 e. The van der Waals surface area contributed by atoms with Crippen molar-refractivity contribution in [3.05, 3.63) is 51.2 Å². The van der Waals surface area contributed by atoms with Crippen molar-refractivity contribution in [2.45, 2.75) is 25.4 Å². The summed E-state index contributed by atoms with van der Waals surface area (Å²) in [5.74, 6) is -1.12. The molecule has 1 aromatic heterocycles. The summed E-state index contributed by atoms with van der Waals surface area (Å²) in [5.41, 5.74) is 3.95. The number of hydrogen-bond acceptors (Lipinski definition) is 4. The molecule has 6 heteroatoms. The summed E-state index contributed by atoms with van der Waals surface area (Å²) < 4.78 is 5.38. The molecule has 0 bridgehead atoms. The van der Waals surface area contributed by atoms with Gasteiger partial charge >= 0.3 is 5.97 Å². The van der Waals surface area contributed by atoms with Crippen molar-refractivity contribution >= 4 is 28.9 Å².